The number of benzene rings is 1. The molecule has 1 saturated carbocycles. The maximum absolute atomic E-state index is 12.4. The number of nitrogens with zero attached hydrogens (tertiary/aromatic N) is 2. The second-order valence-corrected chi connectivity index (χ2v) is 6.61. The quantitative estimate of drug-likeness (QED) is 0.818. The second kappa shape index (κ2) is 7.81. The Labute approximate surface area is 150 Å². The van der Waals surface area contributed by atoms with Gasteiger partial charge in [0.05, 0.1) is 15.7 Å². The number of carbonyl (C=O) groups is 1. The molecule has 0 bridgehead atoms. The van der Waals surface area contributed by atoms with Gasteiger partial charge in [0.15, 0.2) is 0 Å². The molecule has 1 aromatic carbocycles. The van der Waals surface area contributed by atoms with Crippen LogP contribution in [-0.2, 0) is 0 Å². The van der Waals surface area contributed by atoms with Crippen LogP contribution in [-0.4, -0.2) is 21.9 Å². The Morgan fingerprint density at radius 3 is 2.71 bits per heavy atom. The van der Waals surface area contributed by atoms with Gasteiger partial charge in [-0.3, -0.25) is 4.79 Å². The molecule has 1 heterocycles. The van der Waals surface area contributed by atoms with Crippen molar-refractivity contribution in [3.8, 4) is 0 Å². The van der Waals surface area contributed by atoms with Crippen molar-refractivity contribution >= 4 is 40.6 Å². The first-order valence-electron chi connectivity index (χ1n) is 7.97. The molecule has 1 aliphatic carbocycles. The van der Waals surface area contributed by atoms with Crippen LogP contribution in [0.4, 0.5) is 11.5 Å². The minimum absolute atomic E-state index is 0.277. The zero-order chi connectivity index (χ0) is 16.9. The lowest BCUT2D eigenvalue weighted by Gasteiger charge is -2.23. The van der Waals surface area contributed by atoms with Gasteiger partial charge < -0.3 is 10.6 Å². The number of rotatable bonds is 4. The first kappa shape index (κ1) is 17.0. The van der Waals surface area contributed by atoms with Crippen molar-refractivity contribution in [3.63, 3.8) is 0 Å². The lowest BCUT2D eigenvalue weighted by atomic mass is 9.95. The number of hydrogen-bond acceptors (Lipinski definition) is 4. The summed E-state index contributed by atoms with van der Waals surface area (Å²) in [4.78, 5) is 20.6. The van der Waals surface area contributed by atoms with Crippen LogP contribution in [0.2, 0.25) is 10.0 Å². The fourth-order valence-electron chi connectivity index (χ4n) is 2.80. The summed E-state index contributed by atoms with van der Waals surface area (Å²) in [6.07, 6.45) is 7.38. The third-order valence-electron chi connectivity index (χ3n) is 4.06. The van der Waals surface area contributed by atoms with Crippen molar-refractivity contribution in [1.82, 2.24) is 9.97 Å². The van der Waals surface area contributed by atoms with E-state index in [0.717, 1.165) is 12.8 Å². The van der Waals surface area contributed by atoms with Crippen LogP contribution in [0.15, 0.2) is 30.6 Å². The van der Waals surface area contributed by atoms with E-state index in [2.05, 4.69) is 20.6 Å². The van der Waals surface area contributed by atoms with Crippen molar-refractivity contribution < 1.29 is 4.79 Å². The molecule has 24 heavy (non-hydrogen) atoms. The van der Waals surface area contributed by atoms with Crippen LogP contribution in [0.5, 0.6) is 0 Å². The Morgan fingerprint density at radius 1 is 1.12 bits per heavy atom. The normalized spacial score (nSPS) is 15.1. The number of amides is 1. The van der Waals surface area contributed by atoms with Gasteiger partial charge >= 0.3 is 0 Å². The van der Waals surface area contributed by atoms with E-state index in [1.165, 1.54) is 25.6 Å². The first-order valence-corrected chi connectivity index (χ1v) is 8.73. The molecule has 5 nitrogen and oxygen atoms in total. The average molecular weight is 365 g/mol. The first-order chi connectivity index (χ1) is 11.6. The number of hydrogen-bond donors (Lipinski definition) is 2. The van der Waals surface area contributed by atoms with Crippen molar-refractivity contribution in [2.75, 3.05) is 10.6 Å². The summed E-state index contributed by atoms with van der Waals surface area (Å²) >= 11 is 12.1. The average Bonchev–Trinajstić information content (AvgIpc) is 2.60. The van der Waals surface area contributed by atoms with Gasteiger partial charge in [0.1, 0.15) is 17.8 Å². The van der Waals surface area contributed by atoms with E-state index in [1.54, 1.807) is 24.3 Å². The summed E-state index contributed by atoms with van der Waals surface area (Å²) in [7, 11) is 0. The van der Waals surface area contributed by atoms with Gasteiger partial charge in [0.2, 0.25) is 0 Å². The molecule has 0 atom stereocenters. The van der Waals surface area contributed by atoms with E-state index >= 15 is 0 Å². The molecule has 0 radical (unpaired) electrons. The number of halogens is 2. The van der Waals surface area contributed by atoms with Gasteiger partial charge in [-0.25, -0.2) is 9.97 Å². The Kier molecular flexibility index (Phi) is 5.53. The maximum Gasteiger partial charge on any atom is 0.274 e. The second-order valence-electron chi connectivity index (χ2n) is 5.82. The van der Waals surface area contributed by atoms with Crippen LogP contribution in [0.1, 0.15) is 42.6 Å². The molecular formula is C17H18Cl2N4O. The van der Waals surface area contributed by atoms with E-state index < -0.39 is 0 Å². The highest BCUT2D eigenvalue weighted by molar-refractivity contribution is 6.44. The van der Waals surface area contributed by atoms with Crippen LogP contribution < -0.4 is 10.6 Å². The maximum atomic E-state index is 12.4. The van der Waals surface area contributed by atoms with Gasteiger partial charge in [-0.1, -0.05) is 48.5 Å². The van der Waals surface area contributed by atoms with Crippen LogP contribution in [0, 0.1) is 0 Å². The van der Waals surface area contributed by atoms with Gasteiger partial charge in [-0.15, -0.1) is 0 Å². The zero-order valence-electron chi connectivity index (χ0n) is 13.1. The molecule has 1 fully saturated rings. The van der Waals surface area contributed by atoms with Crippen molar-refractivity contribution in [2.45, 2.75) is 38.1 Å². The molecule has 2 aromatic rings. The van der Waals surface area contributed by atoms with Crippen molar-refractivity contribution in [1.29, 1.82) is 0 Å². The Bertz CT molecular complexity index is 732. The monoisotopic (exact) mass is 364 g/mol. The molecule has 126 valence electrons. The highest BCUT2D eigenvalue weighted by atomic mass is 35.5. The zero-order valence-corrected chi connectivity index (χ0v) is 14.6. The van der Waals surface area contributed by atoms with Crippen LogP contribution >= 0.6 is 23.2 Å². The minimum atomic E-state index is -0.353. The molecule has 0 aliphatic heterocycles. The van der Waals surface area contributed by atoms with Crippen molar-refractivity contribution in [2.24, 2.45) is 0 Å². The smallest absolute Gasteiger partial charge is 0.274 e. The van der Waals surface area contributed by atoms with E-state index in [-0.39, 0.29) is 11.6 Å². The van der Waals surface area contributed by atoms with E-state index in [4.69, 9.17) is 23.2 Å². The molecule has 1 aromatic heterocycles. The third kappa shape index (κ3) is 4.16. The Hall–Kier alpha value is -1.85. The van der Waals surface area contributed by atoms with E-state index in [0.29, 0.717) is 27.6 Å². The fourth-order valence-corrected chi connectivity index (χ4v) is 3.15. The third-order valence-corrected chi connectivity index (χ3v) is 4.88. The lowest BCUT2D eigenvalue weighted by Crippen LogP contribution is -2.23. The lowest BCUT2D eigenvalue weighted by molar-refractivity contribution is 0.102. The molecule has 1 amide bonds. The SMILES string of the molecule is O=C(Nc1cccc(Cl)c1Cl)c1cc(NC2CCCCC2)ncn1. The standard InChI is InChI=1S/C17H18Cl2N4O/c18-12-7-4-8-13(16(12)19)23-17(24)14-9-15(21-10-20-14)22-11-5-2-1-3-6-11/h4,7-11H,1-3,5-6H2,(H,23,24)(H,20,21,22). The molecular weight excluding hydrogens is 347 g/mol. The molecule has 2 N–H and O–H groups in total. The fraction of sp³-hybridized carbons (Fsp3) is 0.353. The Balaban J connectivity index is 1.70. The summed E-state index contributed by atoms with van der Waals surface area (Å²) in [5, 5.41) is 6.80. The number of nitrogens with one attached hydrogen (secondary N) is 2. The molecule has 0 spiro atoms. The summed E-state index contributed by atoms with van der Waals surface area (Å²) in [5.74, 6) is 0.313. The highest BCUT2D eigenvalue weighted by Gasteiger charge is 2.16. The summed E-state index contributed by atoms with van der Waals surface area (Å²) in [6.45, 7) is 0. The molecule has 0 unspecified atom stereocenters. The number of carbonyl (C=O) groups excluding carboxylic acids is 1. The predicted octanol–water partition coefficient (Wildman–Crippen LogP) is 4.78. The number of anilines is 2. The summed E-state index contributed by atoms with van der Waals surface area (Å²) in [5.41, 5.74) is 0.730. The van der Waals surface area contributed by atoms with Crippen molar-refractivity contribution in [3.05, 3.63) is 46.3 Å². The Morgan fingerprint density at radius 2 is 1.92 bits per heavy atom. The summed E-state index contributed by atoms with van der Waals surface area (Å²) < 4.78 is 0. The van der Waals surface area contributed by atoms with Gasteiger partial charge in [-0.2, -0.15) is 0 Å². The van der Waals surface area contributed by atoms with Crippen LogP contribution in [0.25, 0.3) is 0 Å². The largest absolute Gasteiger partial charge is 0.367 e. The molecule has 7 heteroatoms. The molecule has 0 saturated heterocycles. The number of aromatic nitrogens is 2. The molecule has 3 rings (SSSR count). The van der Waals surface area contributed by atoms with Crippen LogP contribution in [0.3, 0.4) is 0 Å². The van der Waals surface area contributed by atoms with Gasteiger partial charge in [-0.05, 0) is 25.0 Å². The topological polar surface area (TPSA) is 66.9 Å². The summed E-state index contributed by atoms with van der Waals surface area (Å²) in [6, 6.07) is 7.14. The van der Waals surface area contributed by atoms with Gasteiger partial charge in [0, 0.05) is 12.1 Å². The van der Waals surface area contributed by atoms with E-state index in [1.807, 2.05) is 0 Å². The van der Waals surface area contributed by atoms with E-state index in [9.17, 15) is 4.79 Å². The van der Waals surface area contributed by atoms with Gasteiger partial charge in [0.25, 0.3) is 5.91 Å². The predicted molar refractivity (Wildman–Crippen MR) is 96.9 cm³/mol. The molecule has 1 aliphatic rings. The minimum Gasteiger partial charge on any atom is -0.367 e. The highest BCUT2D eigenvalue weighted by Crippen LogP contribution is 2.29.